The lowest BCUT2D eigenvalue weighted by Crippen LogP contribution is -2.27. The van der Waals surface area contributed by atoms with Gasteiger partial charge in [-0.25, -0.2) is 0 Å². The lowest BCUT2D eigenvalue weighted by atomic mass is 10.2. The monoisotopic (exact) mass is 442 g/mol. The summed E-state index contributed by atoms with van der Waals surface area (Å²) in [5, 5.41) is 2.19. The zero-order valence-electron chi connectivity index (χ0n) is 19.5. The van der Waals surface area contributed by atoms with Gasteiger partial charge in [-0.2, -0.15) is 0 Å². The van der Waals surface area contributed by atoms with Gasteiger partial charge in [0.25, 0.3) is 0 Å². The van der Waals surface area contributed by atoms with E-state index in [-0.39, 0.29) is 0 Å². The number of para-hydroxylation sites is 1. The first-order valence-electron chi connectivity index (χ1n) is 11.6. The number of rotatable bonds is 9. The molecule has 0 atom stereocenters. The summed E-state index contributed by atoms with van der Waals surface area (Å²) in [7, 11) is 1.69. The summed E-state index contributed by atoms with van der Waals surface area (Å²) in [5.74, 6) is 1.74. The van der Waals surface area contributed by atoms with Crippen molar-refractivity contribution in [1.29, 1.82) is 0 Å². The zero-order valence-corrected chi connectivity index (χ0v) is 19.5. The molecule has 0 bridgehead atoms. The number of benzene rings is 3. The van der Waals surface area contributed by atoms with Crippen LogP contribution in [-0.2, 0) is 6.54 Å². The number of likely N-dealkylation sites (N-methyl/N-ethyl adjacent to an activating group) is 1. The summed E-state index contributed by atoms with van der Waals surface area (Å²) in [5.41, 5.74) is 5.27. The molecule has 0 saturated carbocycles. The molecule has 0 aliphatic carbocycles. The minimum absolute atomic E-state index is 0.701. The van der Waals surface area contributed by atoms with Gasteiger partial charge in [-0.05, 0) is 61.1 Å². The molecule has 170 valence electrons. The van der Waals surface area contributed by atoms with Gasteiger partial charge in [0, 0.05) is 23.9 Å². The molecular formula is C28H30N2O3. The van der Waals surface area contributed by atoms with Gasteiger partial charge in [0.15, 0.2) is 5.58 Å². The first kappa shape index (κ1) is 21.4. The number of nitrogens with zero attached hydrogens (tertiary/aromatic N) is 2. The Morgan fingerprint density at radius 3 is 2.39 bits per heavy atom. The number of hydrogen-bond acceptors (Lipinski definition) is 4. The number of methoxy groups -OCH3 is 1. The third-order valence-corrected chi connectivity index (χ3v) is 6.41. The van der Waals surface area contributed by atoms with E-state index in [1.807, 2.05) is 18.2 Å². The standard InChI is InChI=1S/C28H30N2O3/c1-4-29(5-2)16-17-32-21-12-10-20(11-13-21)19-30-25-15-14-22(31-3)18-24(25)28-27(30)23-8-6-7-9-26(23)33-28/h6-15,18H,4-5,16-17,19H2,1-3H3. The van der Waals surface area contributed by atoms with Gasteiger partial charge < -0.3 is 23.4 Å². The Balaban J connectivity index is 1.47. The van der Waals surface area contributed by atoms with Crippen LogP contribution in [0, 0.1) is 0 Å². The predicted octanol–water partition coefficient (Wildman–Crippen LogP) is 6.32. The highest BCUT2D eigenvalue weighted by molar-refractivity contribution is 6.15. The summed E-state index contributed by atoms with van der Waals surface area (Å²) in [6.07, 6.45) is 0. The number of fused-ring (bicyclic) bond motifs is 5. The van der Waals surface area contributed by atoms with E-state index in [2.05, 4.69) is 71.8 Å². The Kier molecular flexibility index (Phi) is 5.97. The second kappa shape index (κ2) is 9.20. The molecule has 0 N–H and O–H groups in total. The molecule has 5 heteroatoms. The van der Waals surface area contributed by atoms with Gasteiger partial charge >= 0.3 is 0 Å². The fourth-order valence-corrected chi connectivity index (χ4v) is 4.53. The third kappa shape index (κ3) is 4.05. The van der Waals surface area contributed by atoms with Crippen LogP contribution in [0.25, 0.3) is 33.0 Å². The van der Waals surface area contributed by atoms with Crippen LogP contribution < -0.4 is 9.47 Å². The fraction of sp³-hybridized carbons (Fsp3) is 0.286. The SMILES string of the molecule is CCN(CC)CCOc1ccc(Cn2c3ccc(OC)cc3c3oc4ccccc4c32)cc1. The van der Waals surface area contributed by atoms with Crippen molar-refractivity contribution < 1.29 is 13.9 Å². The molecule has 0 aliphatic heterocycles. The van der Waals surface area contributed by atoms with Crippen molar-refractivity contribution in [3.63, 3.8) is 0 Å². The van der Waals surface area contributed by atoms with Crippen molar-refractivity contribution >= 4 is 33.0 Å². The average Bonchev–Trinajstić information content (AvgIpc) is 3.38. The minimum Gasteiger partial charge on any atom is -0.497 e. The topological polar surface area (TPSA) is 39.8 Å². The maximum atomic E-state index is 6.28. The highest BCUT2D eigenvalue weighted by atomic mass is 16.5. The average molecular weight is 443 g/mol. The molecule has 5 rings (SSSR count). The normalized spacial score (nSPS) is 11.8. The van der Waals surface area contributed by atoms with E-state index in [1.165, 1.54) is 5.56 Å². The Bertz CT molecular complexity index is 1380. The second-order valence-electron chi connectivity index (χ2n) is 8.26. The van der Waals surface area contributed by atoms with Crippen molar-refractivity contribution in [2.24, 2.45) is 0 Å². The predicted molar refractivity (Wildman–Crippen MR) is 135 cm³/mol. The van der Waals surface area contributed by atoms with Crippen molar-refractivity contribution in [1.82, 2.24) is 9.47 Å². The molecular weight excluding hydrogens is 412 g/mol. The molecule has 3 aromatic carbocycles. The summed E-state index contributed by atoms with van der Waals surface area (Å²) in [6.45, 7) is 8.85. The van der Waals surface area contributed by atoms with Crippen LogP contribution in [0.1, 0.15) is 19.4 Å². The van der Waals surface area contributed by atoms with Gasteiger partial charge in [0.2, 0.25) is 0 Å². The lowest BCUT2D eigenvalue weighted by molar-refractivity contribution is 0.223. The van der Waals surface area contributed by atoms with E-state index in [0.717, 1.165) is 70.6 Å². The maximum Gasteiger partial charge on any atom is 0.161 e. The Labute approximate surface area is 194 Å². The number of aromatic nitrogens is 1. The molecule has 0 radical (unpaired) electrons. The zero-order chi connectivity index (χ0) is 22.8. The van der Waals surface area contributed by atoms with Crippen molar-refractivity contribution in [3.05, 3.63) is 72.3 Å². The molecule has 0 spiro atoms. The van der Waals surface area contributed by atoms with E-state index in [1.54, 1.807) is 7.11 Å². The van der Waals surface area contributed by atoms with E-state index >= 15 is 0 Å². The van der Waals surface area contributed by atoms with Gasteiger partial charge in [-0.3, -0.25) is 0 Å². The number of hydrogen-bond donors (Lipinski definition) is 0. The summed E-state index contributed by atoms with van der Waals surface area (Å²) < 4.78 is 20.1. The van der Waals surface area contributed by atoms with E-state index in [4.69, 9.17) is 13.9 Å². The molecule has 0 aliphatic rings. The molecule has 0 saturated heterocycles. The quantitative estimate of drug-likeness (QED) is 0.268. The molecule has 0 amide bonds. The summed E-state index contributed by atoms with van der Waals surface area (Å²) in [4.78, 5) is 2.36. The van der Waals surface area contributed by atoms with Gasteiger partial charge in [0.1, 0.15) is 23.7 Å². The number of furan rings is 1. The van der Waals surface area contributed by atoms with Gasteiger partial charge in [-0.15, -0.1) is 0 Å². The van der Waals surface area contributed by atoms with Crippen LogP contribution in [0.15, 0.2) is 71.1 Å². The molecule has 0 fully saturated rings. The molecule has 2 heterocycles. The molecule has 2 aromatic heterocycles. The highest BCUT2D eigenvalue weighted by Gasteiger charge is 2.18. The summed E-state index contributed by atoms with van der Waals surface area (Å²) in [6, 6.07) is 22.8. The van der Waals surface area contributed by atoms with E-state index in [9.17, 15) is 0 Å². The minimum atomic E-state index is 0.701. The van der Waals surface area contributed by atoms with Crippen LogP contribution >= 0.6 is 0 Å². The largest absolute Gasteiger partial charge is 0.497 e. The van der Waals surface area contributed by atoms with Crippen molar-refractivity contribution in [3.8, 4) is 11.5 Å². The third-order valence-electron chi connectivity index (χ3n) is 6.41. The van der Waals surface area contributed by atoms with Crippen LogP contribution in [0.3, 0.4) is 0 Å². The maximum absolute atomic E-state index is 6.28. The molecule has 5 aromatic rings. The molecule has 33 heavy (non-hydrogen) atoms. The van der Waals surface area contributed by atoms with Crippen LogP contribution in [-0.4, -0.2) is 42.8 Å². The molecule has 5 nitrogen and oxygen atoms in total. The number of ether oxygens (including phenoxy) is 2. The van der Waals surface area contributed by atoms with Crippen molar-refractivity contribution in [2.75, 3.05) is 33.4 Å². The van der Waals surface area contributed by atoms with Crippen LogP contribution in [0.2, 0.25) is 0 Å². The van der Waals surface area contributed by atoms with Crippen molar-refractivity contribution in [2.45, 2.75) is 20.4 Å². The smallest absolute Gasteiger partial charge is 0.161 e. The Morgan fingerprint density at radius 2 is 1.64 bits per heavy atom. The Hall–Kier alpha value is -3.44. The first-order valence-corrected chi connectivity index (χ1v) is 11.6. The lowest BCUT2D eigenvalue weighted by Gasteiger charge is -2.18. The van der Waals surface area contributed by atoms with E-state index < -0.39 is 0 Å². The van der Waals surface area contributed by atoms with Gasteiger partial charge in [0.05, 0.1) is 18.1 Å². The van der Waals surface area contributed by atoms with Gasteiger partial charge in [-0.1, -0.05) is 38.1 Å². The Morgan fingerprint density at radius 1 is 0.879 bits per heavy atom. The summed E-state index contributed by atoms with van der Waals surface area (Å²) >= 11 is 0. The molecule has 0 unspecified atom stereocenters. The first-order chi connectivity index (χ1) is 16.2. The van der Waals surface area contributed by atoms with Crippen LogP contribution in [0.4, 0.5) is 0 Å². The fourth-order valence-electron chi connectivity index (χ4n) is 4.53. The van der Waals surface area contributed by atoms with Crippen LogP contribution in [0.5, 0.6) is 11.5 Å². The second-order valence-corrected chi connectivity index (χ2v) is 8.26. The van der Waals surface area contributed by atoms with E-state index in [0.29, 0.717) is 6.61 Å². The highest BCUT2D eigenvalue weighted by Crippen LogP contribution is 2.38.